The molecule has 4 rings (SSSR count). The Morgan fingerprint density at radius 3 is 2.12 bits per heavy atom. The lowest BCUT2D eigenvalue weighted by atomic mass is 9.78. The molecule has 0 aromatic heterocycles. The second-order valence-corrected chi connectivity index (χ2v) is 17.0. The van der Waals surface area contributed by atoms with Gasteiger partial charge in [-0.1, -0.05) is 73.6 Å². The maximum absolute atomic E-state index is 14.5. The number of Topliss-reactive ketones (excluding diaryl/α,β-unsaturated/α-hetero) is 1. The largest absolute Gasteiger partial charge is 0.346 e. The van der Waals surface area contributed by atoms with Gasteiger partial charge in [0.2, 0.25) is 23.5 Å². The minimum absolute atomic E-state index is 0.0178. The van der Waals surface area contributed by atoms with E-state index in [1.54, 1.807) is 24.3 Å². The summed E-state index contributed by atoms with van der Waals surface area (Å²) in [7, 11) is 0. The number of rotatable bonds is 14. The Kier molecular flexibility index (Phi) is 11.6. The molecule has 2 fully saturated rings. The normalized spacial score (nSPS) is 21.9. The van der Waals surface area contributed by atoms with Gasteiger partial charge in [0.15, 0.2) is 0 Å². The monoisotopic (exact) mass is 715 g/mol. The van der Waals surface area contributed by atoms with E-state index in [1.807, 2.05) is 55.4 Å². The quantitative estimate of drug-likeness (QED) is 0.115. The van der Waals surface area contributed by atoms with Crippen molar-refractivity contribution >= 4 is 41.2 Å². The summed E-state index contributed by atoms with van der Waals surface area (Å²) in [5.41, 5.74) is -0.852. The molecule has 1 aromatic carbocycles. The lowest BCUT2D eigenvalue weighted by Gasteiger charge is -2.38. The van der Waals surface area contributed by atoms with Crippen LogP contribution >= 0.6 is 0 Å². The summed E-state index contributed by atoms with van der Waals surface area (Å²) in [6, 6.07) is 3.46. The Hall–Kier alpha value is -4.79. The summed E-state index contributed by atoms with van der Waals surface area (Å²) in [5.74, 6) is -2.14. The average molecular weight is 716 g/mol. The van der Waals surface area contributed by atoms with Gasteiger partial charge in [0, 0.05) is 32.5 Å². The van der Waals surface area contributed by atoms with Crippen molar-refractivity contribution in [1.82, 2.24) is 25.8 Å². The number of ketones is 1. The second kappa shape index (κ2) is 15.1. The first-order valence-electron chi connectivity index (χ1n) is 17.9. The molecule has 1 aromatic rings. The number of benzene rings is 1. The molecule has 6 amide bonds. The first-order valence-corrected chi connectivity index (χ1v) is 17.9. The Morgan fingerprint density at radius 2 is 1.60 bits per heavy atom. The van der Waals surface area contributed by atoms with Crippen LogP contribution in [0.15, 0.2) is 36.9 Å². The minimum Gasteiger partial charge on any atom is -0.346 e. The van der Waals surface area contributed by atoms with Crippen LogP contribution in [-0.4, -0.2) is 88.8 Å². The molecule has 12 heteroatoms. The van der Waals surface area contributed by atoms with E-state index in [4.69, 9.17) is 6.42 Å². The van der Waals surface area contributed by atoms with Gasteiger partial charge in [-0.25, -0.2) is 0 Å². The summed E-state index contributed by atoms with van der Waals surface area (Å²) >= 11 is 0. The minimum atomic E-state index is -1.19. The number of piperidine rings is 1. The third-order valence-electron chi connectivity index (χ3n) is 11.0. The van der Waals surface area contributed by atoms with Crippen LogP contribution in [0.5, 0.6) is 0 Å². The predicted octanol–water partition coefficient (Wildman–Crippen LogP) is 3.12. The number of terminal acetylenes is 1. The van der Waals surface area contributed by atoms with Crippen LogP contribution in [0, 0.1) is 46.3 Å². The highest BCUT2D eigenvalue weighted by molar-refractivity contribution is 6.38. The second-order valence-electron chi connectivity index (χ2n) is 17.0. The lowest BCUT2D eigenvalue weighted by molar-refractivity contribution is -0.146. The zero-order chi connectivity index (χ0) is 38.9. The topological polar surface area (TPSA) is 162 Å². The van der Waals surface area contributed by atoms with Gasteiger partial charge in [-0.15, -0.1) is 18.9 Å². The average Bonchev–Trinajstić information content (AvgIpc) is 3.32. The van der Waals surface area contributed by atoms with Gasteiger partial charge >= 0.3 is 0 Å². The number of hydrogen-bond donors (Lipinski definition) is 3. The molecule has 3 aliphatic rings. The molecule has 1 saturated heterocycles. The van der Waals surface area contributed by atoms with E-state index < -0.39 is 76.1 Å². The van der Waals surface area contributed by atoms with Gasteiger partial charge < -0.3 is 20.9 Å². The fourth-order valence-corrected chi connectivity index (χ4v) is 7.51. The third kappa shape index (κ3) is 8.14. The molecule has 0 bridgehead atoms. The Labute approximate surface area is 306 Å². The molecule has 0 spiro atoms. The van der Waals surface area contributed by atoms with Crippen LogP contribution in [0.25, 0.3) is 0 Å². The number of imide groups is 1. The number of nitrogens with one attached hydrogen (secondary N) is 3. The smallest absolute Gasteiger partial charge is 0.289 e. The first kappa shape index (κ1) is 40.0. The summed E-state index contributed by atoms with van der Waals surface area (Å²) in [4.78, 5) is 97.0. The van der Waals surface area contributed by atoms with Crippen molar-refractivity contribution in [3.8, 4) is 12.3 Å². The van der Waals surface area contributed by atoms with Gasteiger partial charge in [0.1, 0.15) is 12.1 Å². The van der Waals surface area contributed by atoms with E-state index in [-0.39, 0.29) is 56.1 Å². The maximum Gasteiger partial charge on any atom is 0.289 e. The van der Waals surface area contributed by atoms with E-state index in [0.29, 0.717) is 11.1 Å². The highest BCUT2D eigenvalue weighted by atomic mass is 16.2. The number of likely N-dealkylation sites (tertiary alicyclic amines) is 1. The molecule has 1 unspecified atom stereocenters. The number of amides is 6. The van der Waals surface area contributed by atoms with Gasteiger partial charge in [0.25, 0.3) is 17.7 Å². The van der Waals surface area contributed by atoms with E-state index in [9.17, 15) is 33.6 Å². The SMILES string of the molecule is C#CCCC(NC(=O)[C@@H]1[C@@H]2[C@H](CN1C(=O)[C@@H](NC(=O)C[C@H](CN1C(=O)c3ccccc3C1=O)C(C)(C)C)C(C)(C)C)C2(C)C)C(=O)C(=O)NCC=C. The number of nitrogens with zero attached hydrogens (tertiary/aromatic N) is 2. The molecule has 12 nitrogen and oxygen atoms in total. The number of carbonyl (C=O) groups excluding carboxylic acids is 7. The Bertz CT molecular complexity index is 1660. The number of hydrogen-bond acceptors (Lipinski definition) is 7. The van der Waals surface area contributed by atoms with Gasteiger partial charge in [-0.05, 0) is 52.6 Å². The molecule has 2 heterocycles. The fourth-order valence-electron chi connectivity index (χ4n) is 7.51. The molecule has 2 aliphatic heterocycles. The van der Waals surface area contributed by atoms with Crippen molar-refractivity contribution < 1.29 is 33.6 Å². The third-order valence-corrected chi connectivity index (χ3v) is 11.0. The molecular formula is C40H53N5O7. The van der Waals surface area contributed by atoms with Crippen molar-refractivity contribution in [2.24, 2.45) is 34.0 Å². The van der Waals surface area contributed by atoms with Crippen LogP contribution in [0.2, 0.25) is 0 Å². The van der Waals surface area contributed by atoms with Crippen molar-refractivity contribution in [3.63, 3.8) is 0 Å². The highest BCUT2D eigenvalue weighted by Gasteiger charge is 2.70. The fraction of sp³-hybridized carbons (Fsp3) is 0.575. The van der Waals surface area contributed by atoms with Crippen molar-refractivity contribution in [1.29, 1.82) is 0 Å². The number of fused-ring (bicyclic) bond motifs is 2. The maximum atomic E-state index is 14.5. The molecule has 6 atom stereocenters. The lowest BCUT2D eigenvalue weighted by Crippen LogP contribution is -2.60. The van der Waals surface area contributed by atoms with Crippen LogP contribution in [0.1, 0.15) is 95.4 Å². The molecular weight excluding hydrogens is 662 g/mol. The van der Waals surface area contributed by atoms with Crippen molar-refractivity contribution in [2.45, 2.75) is 92.8 Å². The molecule has 280 valence electrons. The van der Waals surface area contributed by atoms with E-state index in [1.165, 1.54) is 15.9 Å². The molecule has 3 N–H and O–H groups in total. The summed E-state index contributed by atoms with van der Waals surface area (Å²) < 4.78 is 0. The van der Waals surface area contributed by atoms with Crippen molar-refractivity contribution in [3.05, 3.63) is 48.0 Å². The zero-order valence-corrected chi connectivity index (χ0v) is 31.6. The molecule has 52 heavy (non-hydrogen) atoms. The molecule has 1 saturated carbocycles. The van der Waals surface area contributed by atoms with Gasteiger partial charge in [-0.2, -0.15) is 0 Å². The first-order chi connectivity index (χ1) is 24.2. The van der Waals surface area contributed by atoms with E-state index in [0.717, 1.165) is 0 Å². The highest BCUT2D eigenvalue weighted by Crippen LogP contribution is 2.65. The van der Waals surface area contributed by atoms with E-state index >= 15 is 0 Å². The summed E-state index contributed by atoms with van der Waals surface area (Å²) in [6.07, 6.45) is 6.98. The standard InChI is InChI=1S/C40H53N5O7/c1-11-13-18-27(31(47)34(49)41-19-12-2)42-33(48)30-29-26(40(29,9)10)22-44(30)37(52)32(39(6,7)8)43-28(46)20-23(38(3,4)5)21-45-35(50)24-16-14-15-17-25(24)36(45)51/h1,12,14-17,23,26-27,29-30,32H,2,13,18-22H2,3-10H3,(H,41,49)(H,42,48)(H,43,46)/t23-,26+,27?,29+,30+,32-/m1/s1. The van der Waals surface area contributed by atoms with Crippen LogP contribution in [-0.2, 0) is 24.0 Å². The summed E-state index contributed by atoms with van der Waals surface area (Å²) in [5, 5.41) is 8.11. The zero-order valence-electron chi connectivity index (χ0n) is 31.6. The van der Waals surface area contributed by atoms with E-state index in [2.05, 4.69) is 28.4 Å². The van der Waals surface area contributed by atoms with Crippen LogP contribution in [0.4, 0.5) is 0 Å². The Balaban J connectivity index is 1.53. The van der Waals surface area contributed by atoms with Crippen LogP contribution in [0.3, 0.4) is 0 Å². The summed E-state index contributed by atoms with van der Waals surface area (Å²) in [6.45, 7) is 19.2. The van der Waals surface area contributed by atoms with Crippen LogP contribution < -0.4 is 16.0 Å². The molecule has 1 aliphatic carbocycles. The van der Waals surface area contributed by atoms with Gasteiger partial charge in [-0.3, -0.25) is 38.5 Å². The molecule has 0 radical (unpaired) electrons. The van der Waals surface area contributed by atoms with Crippen molar-refractivity contribution in [2.75, 3.05) is 19.6 Å². The predicted molar refractivity (Wildman–Crippen MR) is 195 cm³/mol. The number of carbonyl (C=O) groups is 7. The Morgan fingerprint density at radius 1 is 1.00 bits per heavy atom. The van der Waals surface area contributed by atoms with Gasteiger partial charge in [0.05, 0.1) is 17.2 Å².